The second-order valence-electron chi connectivity index (χ2n) is 7.18. The Morgan fingerprint density at radius 1 is 1.03 bits per heavy atom. The number of esters is 2. The van der Waals surface area contributed by atoms with E-state index in [-0.39, 0.29) is 18.1 Å². The first-order chi connectivity index (χ1) is 14.7. The molecule has 0 atom stereocenters. The molecule has 0 unspecified atom stereocenters. The molecular weight excluding hydrogens is 440 g/mol. The number of carbonyl (C=O) groups is 4. The minimum absolute atomic E-state index is 0.236. The summed E-state index contributed by atoms with van der Waals surface area (Å²) in [5.41, 5.74) is 2.20. The lowest BCUT2D eigenvalue weighted by Crippen LogP contribution is -2.22. The van der Waals surface area contributed by atoms with E-state index in [0.29, 0.717) is 27.0 Å². The Kier molecular flexibility index (Phi) is 7.11. The molecule has 2 heterocycles. The molecule has 2 aromatic rings. The molecule has 3 rings (SSSR count). The largest absolute Gasteiger partial charge is 0.462 e. The minimum Gasteiger partial charge on any atom is -0.462 e. The third-order valence-electron chi connectivity index (χ3n) is 4.78. The van der Waals surface area contributed by atoms with E-state index >= 15 is 0 Å². The van der Waals surface area contributed by atoms with E-state index in [1.165, 1.54) is 29.6 Å². The first-order valence-corrected chi connectivity index (χ1v) is 11.6. The number of ether oxygens (including phenoxy) is 2. The zero-order valence-electron chi connectivity index (χ0n) is 17.7. The van der Waals surface area contributed by atoms with E-state index in [0.717, 1.165) is 23.3 Å². The van der Waals surface area contributed by atoms with Gasteiger partial charge in [-0.3, -0.25) is 9.59 Å². The monoisotopic (exact) mass is 464 g/mol. The van der Waals surface area contributed by atoms with E-state index in [1.807, 2.05) is 12.3 Å². The SMILES string of the molecule is CCOC(=O)c1c(C2CC2)csc1NC(=O)COC(=O)c1c(NC(C)=O)sc(C)c1C. The summed E-state index contributed by atoms with van der Waals surface area (Å²) in [7, 11) is 0. The number of amides is 2. The van der Waals surface area contributed by atoms with Crippen LogP contribution in [-0.4, -0.2) is 37.0 Å². The molecule has 10 heteroatoms. The second kappa shape index (κ2) is 9.61. The molecular formula is C21H24N2O6S2. The van der Waals surface area contributed by atoms with Gasteiger partial charge in [-0.15, -0.1) is 22.7 Å². The van der Waals surface area contributed by atoms with Gasteiger partial charge >= 0.3 is 11.9 Å². The fraction of sp³-hybridized carbons (Fsp3) is 0.429. The van der Waals surface area contributed by atoms with Crippen molar-refractivity contribution in [1.82, 2.24) is 0 Å². The van der Waals surface area contributed by atoms with Crippen LogP contribution in [0.3, 0.4) is 0 Å². The van der Waals surface area contributed by atoms with Gasteiger partial charge in [0.05, 0.1) is 17.7 Å². The number of carbonyl (C=O) groups excluding carboxylic acids is 4. The van der Waals surface area contributed by atoms with Gasteiger partial charge in [-0.25, -0.2) is 9.59 Å². The van der Waals surface area contributed by atoms with Crippen LogP contribution >= 0.6 is 22.7 Å². The summed E-state index contributed by atoms with van der Waals surface area (Å²) in [5.74, 6) is -1.72. The minimum atomic E-state index is -0.698. The molecule has 0 aliphatic heterocycles. The Bertz CT molecular complexity index is 1040. The molecule has 0 bridgehead atoms. The summed E-state index contributed by atoms with van der Waals surface area (Å²) in [6, 6.07) is 0. The Morgan fingerprint density at radius 2 is 1.71 bits per heavy atom. The first-order valence-electron chi connectivity index (χ1n) is 9.85. The molecule has 0 spiro atoms. The smallest absolute Gasteiger partial charge is 0.341 e. The van der Waals surface area contributed by atoms with Gasteiger partial charge < -0.3 is 20.1 Å². The van der Waals surface area contributed by atoms with Crippen LogP contribution in [0, 0.1) is 13.8 Å². The number of hydrogen-bond donors (Lipinski definition) is 2. The zero-order chi connectivity index (χ0) is 22.7. The molecule has 0 radical (unpaired) electrons. The third kappa shape index (κ3) is 5.31. The molecule has 31 heavy (non-hydrogen) atoms. The van der Waals surface area contributed by atoms with E-state index < -0.39 is 24.5 Å². The number of hydrogen-bond acceptors (Lipinski definition) is 8. The van der Waals surface area contributed by atoms with Crippen molar-refractivity contribution >= 4 is 56.4 Å². The third-order valence-corrected chi connectivity index (χ3v) is 6.82. The summed E-state index contributed by atoms with van der Waals surface area (Å²) in [4.78, 5) is 49.7. The van der Waals surface area contributed by atoms with Crippen LogP contribution in [0.1, 0.15) is 69.3 Å². The molecule has 8 nitrogen and oxygen atoms in total. The average molecular weight is 465 g/mol. The summed E-state index contributed by atoms with van der Waals surface area (Å²) in [6.45, 7) is 6.38. The summed E-state index contributed by atoms with van der Waals surface area (Å²) >= 11 is 2.53. The van der Waals surface area contributed by atoms with Gasteiger partial charge in [0.15, 0.2) is 6.61 Å². The first kappa shape index (κ1) is 23.0. The van der Waals surface area contributed by atoms with Crippen molar-refractivity contribution < 1.29 is 28.7 Å². The molecule has 0 aromatic carbocycles. The van der Waals surface area contributed by atoms with Crippen LogP contribution in [0.25, 0.3) is 0 Å². The summed E-state index contributed by atoms with van der Waals surface area (Å²) in [5, 5.41) is 7.93. The predicted octanol–water partition coefficient (Wildman–Crippen LogP) is 4.23. The van der Waals surface area contributed by atoms with Gasteiger partial charge in [-0.1, -0.05) is 0 Å². The highest BCUT2D eigenvalue weighted by Crippen LogP contribution is 2.46. The predicted molar refractivity (Wildman–Crippen MR) is 119 cm³/mol. The molecule has 2 aromatic heterocycles. The fourth-order valence-corrected chi connectivity index (χ4v) is 5.20. The van der Waals surface area contributed by atoms with Crippen LogP contribution in [0.4, 0.5) is 10.0 Å². The van der Waals surface area contributed by atoms with Crippen LogP contribution in [0.5, 0.6) is 0 Å². The van der Waals surface area contributed by atoms with Crippen LogP contribution < -0.4 is 10.6 Å². The van der Waals surface area contributed by atoms with Gasteiger partial charge in [0.25, 0.3) is 5.91 Å². The number of aryl methyl sites for hydroxylation is 1. The normalized spacial score (nSPS) is 12.9. The van der Waals surface area contributed by atoms with Crippen molar-refractivity contribution in [2.75, 3.05) is 23.8 Å². The van der Waals surface area contributed by atoms with E-state index in [9.17, 15) is 19.2 Å². The van der Waals surface area contributed by atoms with Crippen molar-refractivity contribution in [2.45, 2.75) is 46.5 Å². The Labute approximate surface area is 187 Å². The highest BCUT2D eigenvalue weighted by Gasteiger charge is 2.32. The molecule has 1 aliphatic rings. The van der Waals surface area contributed by atoms with E-state index in [4.69, 9.17) is 9.47 Å². The molecule has 1 saturated carbocycles. The van der Waals surface area contributed by atoms with Crippen molar-refractivity contribution in [3.05, 3.63) is 32.5 Å². The molecule has 2 amide bonds. The number of thiophene rings is 2. The Morgan fingerprint density at radius 3 is 2.32 bits per heavy atom. The molecule has 0 saturated heterocycles. The van der Waals surface area contributed by atoms with Gasteiger partial charge in [-0.2, -0.15) is 0 Å². The zero-order valence-corrected chi connectivity index (χ0v) is 19.4. The van der Waals surface area contributed by atoms with Crippen molar-refractivity contribution in [2.24, 2.45) is 0 Å². The van der Waals surface area contributed by atoms with Crippen LogP contribution in [-0.2, 0) is 19.1 Å². The highest BCUT2D eigenvalue weighted by atomic mass is 32.1. The lowest BCUT2D eigenvalue weighted by molar-refractivity contribution is -0.119. The van der Waals surface area contributed by atoms with Gasteiger partial charge in [0, 0.05) is 11.8 Å². The number of anilines is 2. The second-order valence-corrected chi connectivity index (χ2v) is 9.29. The number of rotatable bonds is 8. The maximum atomic E-state index is 12.6. The quantitative estimate of drug-likeness (QED) is 0.566. The topological polar surface area (TPSA) is 111 Å². The highest BCUT2D eigenvalue weighted by molar-refractivity contribution is 7.17. The van der Waals surface area contributed by atoms with Gasteiger partial charge in [0.2, 0.25) is 5.91 Å². The van der Waals surface area contributed by atoms with Crippen LogP contribution in [0.2, 0.25) is 0 Å². The lowest BCUT2D eigenvalue weighted by Gasteiger charge is -2.09. The van der Waals surface area contributed by atoms with E-state index in [2.05, 4.69) is 10.6 Å². The van der Waals surface area contributed by atoms with Crippen molar-refractivity contribution in [3.63, 3.8) is 0 Å². The van der Waals surface area contributed by atoms with Gasteiger partial charge in [0.1, 0.15) is 10.0 Å². The Balaban J connectivity index is 1.68. The van der Waals surface area contributed by atoms with Crippen molar-refractivity contribution in [3.8, 4) is 0 Å². The standard InChI is InChI=1S/C21H24N2O6S2/c1-5-28-21(27)17-14(13-6-7-13)9-30-18(17)23-15(25)8-29-20(26)16-10(2)11(3)31-19(16)22-12(4)24/h9,13H,5-8H2,1-4H3,(H,22,24)(H,23,25). The van der Waals surface area contributed by atoms with E-state index in [1.54, 1.807) is 13.8 Å². The molecule has 1 fully saturated rings. The maximum Gasteiger partial charge on any atom is 0.341 e. The maximum absolute atomic E-state index is 12.6. The van der Waals surface area contributed by atoms with Crippen molar-refractivity contribution in [1.29, 1.82) is 0 Å². The summed E-state index contributed by atoms with van der Waals surface area (Å²) < 4.78 is 10.3. The molecule has 2 N–H and O–H groups in total. The summed E-state index contributed by atoms with van der Waals surface area (Å²) in [6.07, 6.45) is 2.01. The molecule has 1 aliphatic carbocycles. The lowest BCUT2D eigenvalue weighted by atomic mass is 10.1. The molecule has 166 valence electrons. The fourth-order valence-electron chi connectivity index (χ4n) is 3.06. The van der Waals surface area contributed by atoms with Gasteiger partial charge in [-0.05, 0) is 56.0 Å². The number of nitrogens with one attached hydrogen (secondary N) is 2. The average Bonchev–Trinajstić information content (AvgIpc) is 3.40. The van der Waals surface area contributed by atoms with Crippen LogP contribution in [0.15, 0.2) is 5.38 Å². The Hall–Kier alpha value is -2.72.